The quantitative estimate of drug-likeness (QED) is 0.590. The summed E-state index contributed by atoms with van der Waals surface area (Å²) >= 11 is 0. The van der Waals surface area contributed by atoms with E-state index in [2.05, 4.69) is 10.6 Å². The first-order valence-corrected chi connectivity index (χ1v) is 9.32. The second-order valence-electron chi connectivity index (χ2n) is 6.57. The standard InChI is InChI=1S/C22H24N2O6/c1-13(17-9-14-7-5-6-8-16(14)30-17)24-20(25)12-23-22(26)15-10-18(27-2)21(29-4)19(11-15)28-3/h5-11,13H,12H2,1-4H3,(H,23,26)(H,24,25). The second kappa shape index (κ2) is 9.21. The molecule has 0 bridgehead atoms. The number of ether oxygens (including phenoxy) is 3. The van der Waals surface area contributed by atoms with Gasteiger partial charge in [-0.1, -0.05) is 18.2 Å². The number of para-hydroxylation sites is 1. The van der Waals surface area contributed by atoms with E-state index in [9.17, 15) is 9.59 Å². The molecule has 0 saturated carbocycles. The van der Waals surface area contributed by atoms with E-state index in [1.807, 2.05) is 37.3 Å². The van der Waals surface area contributed by atoms with Gasteiger partial charge in [-0.25, -0.2) is 0 Å². The third kappa shape index (κ3) is 4.48. The number of carbonyl (C=O) groups is 2. The molecule has 0 aliphatic rings. The van der Waals surface area contributed by atoms with Gasteiger partial charge in [0.05, 0.1) is 33.9 Å². The topological polar surface area (TPSA) is 99.0 Å². The van der Waals surface area contributed by atoms with Crippen LogP contribution in [-0.2, 0) is 4.79 Å². The molecule has 30 heavy (non-hydrogen) atoms. The first-order valence-electron chi connectivity index (χ1n) is 9.32. The number of hydrogen-bond donors (Lipinski definition) is 2. The molecular formula is C22H24N2O6. The summed E-state index contributed by atoms with van der Waals surface area (Å²) in [5.41, 5.74) is 1.03. The molecule has 0 radical (unpaired) electrons. The van der Waals surface area contributed by atoms with Gasteiger partial charge in [0.25, 0.3) is 5.91 Å². The van der Waals surface area contributed by atoms with Gasteiger partial charge in [-0.2, -0.15) is 0 Å². The van der Waals surface area contributed by atoms with Gasteiger partial charge in [-0.05, 0) is 31.2 Å². The molecule has 1 atom stereocenters. The zero-order valence-corrected chi connectivity index (χ0v) is 17.3. The van der Waals surface area contributed by atoms with Gasteiger partial charge >= 0.3 is 0 Å². The average Bonchev–Trinajstić information content (AvgIpc) is 3.20. The van der Waals surface area contributed by atoms with Crippen molar-refractivity contribution in [2.75, 3.05) is 27.9 Å². The molecule has 158 valence electrons. The Morgan fingerprint density at radius 3 is 2.27 bits per heavy atom. The second-order valence-corrected chi connectivity index (χ2v) is 6.57. The van der Waals surface area contributed by atoms with Crippen molar-refractivity contribution >= 4 is 22.8 Å². The normalized spacial score (nSPS) is 11.6. The van der Waals surface area contributed by atoms with E-state index in [0.29, 0.717) is 23.0 Å². The summed E-state index contributed by atoms with van der Waals surface area (Å²) in [7, 11) is 4.41. The largest absolute Gasteiger partial charge is 0.493 e. The fourth-order valence-electron chi connectivity index (χ4n) is 3.05. The van der Waals surface area contributed by atoms with Crippen molar-refractivity contribution in [3.63, 3.8) is 0 Å². The summed E-state index contributed by atoms with van der Waals surface area (Å²) in [5, 5.41) is 6.36. The van der Waals surface area contributed by atoms with Crippen molar-refractivity contribution in [2.24, 2.45) is 0 Å². The maximum Gasteiger partial charge on any atom is 0.251 e. The minimum atomic E-state index is -0.444. The van der Waals surface area contributed by atoms with Crippen LogP contribution in [0.25, 0.3) is 11.0 Å². The van der Waals surface area contributed by atoms with E-state index in [1.165, 1.54) is 33.5 Å². The molecule has 8 heteroatoms. The molecule has 0 fully saturated rings. The number of nitrogens with one attached hydrogen (secondary N) is 2. The zero-order valence-electron chi connectivity index (χ0n) is 17.3. The molecule has 1 heterocycles. The molecule has 0 saturated heterocycles. The van der Waals surface area contributed by atoms with Crippen molar-refractivity contribution in [1.29, 1.82) is 0 Å². The molecule has 0 spiro atoms. The summed E-state index contributed by atoms with van der Waals surface area (Å²) in [5.74, 6) is 0.939. The van der Waals surface area contributed by atoms with Crippen molar-refractivity contribution in [2.45, 2.75) is 13.0 Å². The Kier molecular flexibility index (Phi) is 6.46. The third-order valence-electron chi connectivity index (χ3n) is 4.59. The van der Waals surface area contributed by atoms with E-state index < -0.39 is 5.91 Å². The minimum Gasteiger partial charge on any atom is -0.493 e. The van der Waals surface area contributed by atoms with Crippen molar-refractivity contribution < 1.29 is 28.2 Å². The number of furan rings is 1. The Morgan fingerprint density at radius 2 is 1.67 bits per heavy atom. The Labute approximate surface area is 174 Å². The van der Waals surface area contributed by atoms with Crippen molar-refractivity contribution in [1.82, 2.24) is 10.6 Å². The minimum absolute atomic E-state index is 0.194. The van der Waals surface area contributed by atoms with Gasteiger partial charge in [0.1, 0.15) is 11.3 Å². The molecule has 2 N–H and O–H groups in total. The van der Waals surface area contributed by atoms with Crippen molar-refractivity contribution in [3.8, 4) is 17.2 Å². The van der Waals surface area contributed by atoms with E-state index in [-0.39, 0.29) is 24.1 Å². The lowest BCUT2D eigenvalue weighted by molar-refractivity contribution is -0.120. The monoisotopic (exact) mass is 412 g/mol. The Bertz CT molecular complexity index is 1000. The number of fused-ring (bicyclic) bond motifs is 1. The highest BCUT2D eigenvalue weighted by atomic mass is 16.5. The van der Waals surface area contributed by atoms with E-state index in [1.54, 1.807) is 0 Å². The van der Waals surface area contributed by atoms with E-state index in [4.69, 9.17) is 18.6 Å². The van der Waals surface area contributed by atoms with Gasteiger partial charge in [-0.15, -0.1) is 0 Å². The van der Waals surface area contributed by atoms with Crippen LogP contribution in [0.4, 0.5) is 0 Å². The highest BCUT2D eigenvalue weighted by molar-refractivity contribution is 5.97. The lowest BCUT2D eigenvalue weighted by atomic mass is 10.1. The first-order chi connectivity index (χ1) is 14.5. The molecule has 0 aliphatic carbocycles. The first kappa shape index (κ1) is 21.0. The Morgan fingerprint density at radius 1 is 1.00 bits per heavy atom. The van der Waals surface area contributed by atoms with Gasteiger partial charge in [0, 0.05) is 10.9 Å². The van der Waals surface area contributed by atoms with E-state index in [0.717, 1.165) is 11.0 Å². The number of rotatable bonds is 8. The fraction of sp³-hybridized carbons (Fsp3) is 0.273. The smallest absolute Gasteiger partial charge is 0.251 e. The lowest BCUT2D eigenvalue weighted by Crippen LogP contribution is -2.38. The number of hydrogen-bond acceptors (Lipinski definition) is 6. The van der Waals surface area contributed by atoms with Crippen LogP contribution >= 0.6 is 0 Å². The van der Waals surface area contributed by atoms with Crippen LogP contribution in [0.15, 0.2) is 46.9 Å². The van der Waals surface area contributed by atoms with Crippen molar-refractivity contribution in [3.05, 3.63) is 53.8 Å². The molecule has 3 aromatic rings. The van der Waals surface area contributed by atoms with Gasteiger partial charge < -0.3 is 29.3 Å². The van der Waals surface area contributed by atoms with Gasteiger partial charge in [0.15, 0.2) is 11.5 Å². The van der Waals surface area contributed by atoms with Gasteiger partial charge in [0.2, 0.25) is 11.7 Å². The molecule has 8 nitrogen and oxygen atoms in total. The Balaban J connectivity index is 1.62. The highest BCUT2D eigenvalue weighted by Crippen LogP contribution is 2.38. The van der Waals surface area contributed by atoms with Crippen LogP contribution in [0.5, 0.6) is 17.2 Å². The number of carbonyl (C=O) groups excluding carboxylic acids is 2. The summed E-state index contributed by atoms with van der Waals surface area (Å²) in [4.78, 5) is 24.8. The molecule has 2 aromatic carbocycles. The third-order valence-corrected chi connectivity index (χ3v) is 4.59. The van der Waals surface area contributed by atoms with Crippen LogP contribution in [0, 0.1) is 0 Å². The SMILES string of the molecule is COc1cc(C(=O)NCC(=O)NC(C)c2cc3ccccc3o2)cc(OC)c1OC. The predicted octanol–water partition coefficient (Wildman–Crippen LogP) is 3.07. The van der Waals surface area contributed by atoms with Gasteiger partial charge in [-0.3, -0.25) is 9.59 Å². The molecule has 3 rings (SSSR count). The molecule has 0 aliphatic heterocycles. The summed E-state index contributed by atoms with van der Waals surface area (Å²) < 4.78 is 21.5. The molecule has 1 aromatic heterocycles. The average molecular weight is 412 g/mol. The number of methoxy groups -OCH3 is 3. The van der Waals surface area contributed by atoms with Crippen LogP contribution in [-0.4, -0.2) is 39.7 Å². The maximum atomic E-state index is 12.5. The Hall–Kier alpha value is -3.68. The maximum absolute atomic E-state index is 12.5. The summed E-state index contributed by atoms with van der Waals surface area (Å²) in [6, 6.07) is 12.2. The molecular weight excluding hydrogens is 388 g/mol. The fourth-order valence-corrected chi connectivity index (χ4v) is 3.05. The van der Waals surface area contributed by atoms with Crippen LogP contribution < -0.4 is 24.8 Å². The van der Waals surface area contributed by atoms with E-state index >= 15 is 0 Å². The molecule has 2 amide bonds. The van der Waals surface area contributed by atoms with Crippen LogP contribution in [0.3, 0.4) is 0 Å². The zero-order chi connectivity index (χ0) is 21.7. The highest BCUT2D eigenvalue weighted by Gasteiger charge is 2.18. The van der Waals surface area contributed by atoms with Crippen LogP contribution in [0.2, 0.25) is 0 Å². The summed E-state index contributed by atoms with van der Waals surface area (Å²) in [6.07, 6.45) is 0. The molecule has 1 unspecified atom stereocenters. The number of benzene rings is 2. The predicted molar refractivity (Wildman–Crippen MR) is 111 cm³/mol. The lowest BCUT2D eigenvalue weighted by Gasteiger charge is -2.14. The van der Waals surface area contributed by atoms with Crippen LogP contribution in [0.1, 0.15) is 29.1 Å². The summed E-state index contributed by atoms with van der Waals surface area (Å²) in [6.45, 7) is 1.62. The number of amides is 2.